The van der Waals surface area contributed by atoms with Gasteiger partial charge in [0.25, 0.3) is 0 Å². The number of carbonyl (C=O) groups excluding carboxylic acids is 1. The van der Waals surface area contributed by atoms with Gasteiger partial charge in [0.1, 0.15) is 23.7 Å². The first-order valence-electron chi connectivity index (χ1n) is 6.54. The van der Waals surface area contributed by atoms with Crippen molar-refractivity contribution in [1.82, 2.24) is 20.1 Å². The molecule has 0 bridgehead atoms. The highest BCUT2D eigenvalue weighted by Gasteiger charge is 2.10. The number of H-pyrrole nitrogens is 1. The summed E-state index contributed by atoms with van der Waals surface area (Å²) in [5.41, 5.74) is 0. The van der Waals surface area contributed by atoms with Gasteiger partial charge in [0.05, 0.1) is 26.7 Å². The molecule has 0 fully saturated rings. The molecule has 0 saturated carbocycles. The van der Waals surface area contributed by atoms with Gasteiger partial charge in [0.15, 0.2) is 0 Å². The number of methoxy groups -OCH3 is 1. The van der Waals surface area contributed by atoms with Gasteiger partial charge in [-0.25, -0.2) is 4.98 Å². The summed E-state index contributed by atoms with van der Waals surface area (Å²) in [4.78, 5) is 17.5. The zero-order valence-corrected chi connectivity index (χ0v) is 12.1. The molecule has 0 aliphatic rings. The van der Waals surface area contributed by atoms with Gasteiger partial charge in [0, 0.05) is 7.05 Å². The fourth-order valence-corrected chi connectivity index (χ4v) is 1.74. The number of nitrogens with zero attached hydrogens (tertiary/aromatic N) is 3. The molecule has 21 heavy (non-hydrogen) atoms. The van der Waals surface area contributed by atoms with Crippen LogP contribution in [0.3, 0.4) is 0 Å². The number of rotatable bonds is 7. The topological polar surface area (TPSA) is 80.3 Å². The quantitative estimate of drug-likeness (QED) is 0.830. The minimum absolute atomic E-state index is 0.0140. The smallest absolute Gasteiger partial charge is 0.226 e. The van der Waals surface area contributed by atoms with Crippen molar-refractivity contribution in [1.29, 1.82) is 0 Å². The van der Waals surface area contributed by atoms with Crippen molar-refractivity contribution in [3.05, 3.63) is 36.4 Å². The van der Waals surface area contributed by atoms with Gasteiger partial charge in [-0.1, -0.05) is 0 Å². The summed E-state index contributed by atoms with van der Waals surface area (Å²) in [6.45, 7) is 0.729. The molecule has 2 aromatic rings. The maximum atomic E-state index is 11.9. The van der Waals surface area contributed by atoms with E-state index in [1.807, 2.05) is 24.3 Å². The Labute approximate surface area is 122 Å². The minimum atomic E-state index is -0.0140. The third kappa shape index (κ3) is 4.48. The van der Waals surface area contributed by atoms with Crippen molar-refractivity contribution in [2.45, 2.75) is 13.0 Å². The SMILES string of the molecule is COc1ccc(OCCC(=O)N(C)Cc2ncn[nH]2)cc1. The molecule has 0 radical (unpaired) electrons. The van der Waals surface area contributed by atoms with E-state index in [-0.39, 0.29) is 5.91 Å². The van der Waals surface area contributed by atoms with E-state index in [1.165, 1.54) is 6.33 Å². The van der Waals surface area contributed by atoms with Gasteiger partial charge < -0.3 is 14.4 Å². The van der Waals surface area contributed by atoms with Crippen molar-refractivity contribution in [2.24, 2.45) is 0 Å². The number of hydrogen-bond donors (Lipinski definition) is 1. The molecule has 112 valence electrons. The van der Waals surface area contributed by atoms with Crippen LogP contribution >= 0.6 is 0 Å². The van der Waals surface area contributed by atoms with E-state index in [2.05, 4.69) is 15.2 Å². The third-order valence-corrected chi connectivity index (χ3v) is 2.92. The first-order valence-corrected chi connectivity index (χ1v) is 6.54. The van der Waals surface area contributed by atoms with Gasteiger partial charge in [-0.2, -0.15) is 5.10 Å². The van der Waals surface area contributed by atoms with Crippen LogP contribution in [0.25, 0.3) is 0 Å². The molecule has 7 heteroatoms. The van der Waals surface area contributed by atoms with Crippen LogP contribution in [0, 0.1) is 0 Å². The Hall–Kier alpha value is -2.57. The van der Waals surface area contributed by atoms with E-state index in [1.54, 1.807) is 19.1 Å². The monoisotopic (exact) mass is 290 g/mol. The van der Waals surface area contributed by atoms with Crippen molar-refractivity contribution in [2.75, 3.05) is 20.8 Å². The second kappa shape index (κ2) is 7.28. The summed E-state index contributed by atoms with van der Waals surface area (Å²) in [5, 5.41) is 6.46. The van der Waals surface area contributed by atoms with E-state index in [4.69, 9.17) is 9.47 Å². The molecule has 2 rings (SSSR count). The van der Waals surface area contributed by atoms with Crippen LogP contribution in [0.1, 0.15) is 12.2 Å². The molecule has 1 N–H and O–H groups in total. The lowest BCUT2D eigenvalue weighted by atomic mass is 10.3. The standard InChI is InChI=1S/C14H18N4O3/c1-18(9-13-15-10-16-17-13)14(19)7-8-21-12-5-3-11(20-2)4-6-12/h3-6,10H,7-9H2,1-2H3,(H,15,16,17). The normalized spacial score (nSPS) is 10.2. The summed E-state index contributed by atoms with van der Waals surface area (Å²) in [7, 11) is 3.33. The van der Waals surface area contributed by atoms with Crippen molar-refractivity contribution < 1.29 is 14.3 Å². The van der Waals surface area contributed by atoms with Crippen LogP contribution in [0.2, 0.25) is 0 Å². The minimum Gasteiger partial charge on any atom is -0.497 e. The Bertz CT molecular complexity index is 554. The van der Waals surface area contributed by atoms with Gasteiger partial charge in [-0.05, 0) is 24.3 Å². The van der Waals surface area contributed by atoms with E-state index in [0.29, 0.717) is 31.1 Å². The van der Waals surface area contributed by atoms with E-state index in [9.17, 15) is 4.79 Å². The molecule has 7 nitrogen and oxygen atoms in total. The summed E-state index contributed by atoms with van der Waals surface area (Å²) in [6.07, 6.45) is 1.72. The number of nitrogens with one attached hydrogen (secondary N) is 1. The molecule has 1 aromatic heterocycles. The average molecular weight is 290 g/mol. The van der Waals surface area contributed by atoms with Crippen molar-refractivity contribution in [3.63, 3.8) is 0 Å². The fourth-order valence-electron chi connectivity index (χ4n) is 1.74. The molecule has 1 amide bonds. The zero-order valence-electron chi connectivity index (χ0n) is 12.1. The van der Waals surface area contributed by atoms with E-state index >= 15 is 0 Å². The highest BCUT2D eigenvalue weighted by molar-refractivity contribution is 5.75. The van der Waals surface area contributed by atoms with Gasteiger partial charge in [-0.15, -0.1) is 0 Å². The Morgan fingerprint density at radius 2 is 2.00 bits per heavy atom. The molecule has 1 heterocycles. The average Bonchev–Trinajstić information content (AvgIpc) is 3.00. The van der Waals surface area contributed by atoms with Gasteiger partial charge in [-0.3, -0.25) is 9.89 Å². The summed E-state index contributed by atoms with van der Waals surface area (Å²) in [6, 6.07) is 7.24. The first-order chi connectivity index (χ1) is 10.2. The Kier molecular flexibility index (Phi) is 5.14. The predicted molar refractivity (Wildman–Crippen MR) is 76.0 cm³/mol. The van der Waals surface area contributed by atoms with Gasteiger partial charge in [0.2, 0.25) is 5.91 Å². The predicted octanol–water partition coefficient (Wildman–Crippen LogP) is 1.24. The Morgan fingerprint density at radius 3 is 2.62 bits per heavy atom. The first kappa shape index (κ1) is 14.8. The van der Waals surface area contributed by atoms with Crippen LogP contribution < -0.4 is 9.47 Å². The van der Waals surface area contributed by atoms with Crippen LogP contribution in [0.15, 0.2) is 30.6 Å². The molecule has 0 aliphatic heterocycles. The second-order valence-corrected chi connectivity index (χ2v) is 4.46. The highest BCUT2D eigenvalue weighted by atomic mass is 16.5. The lowest BCUT2D eigenvalue weighted by molar-refractivity contribution is -0.131. The molecule has 0 atom stereocenters. The van der Waals surface area contributed by atoms with E-state index < -0.39 is 0 Å². The Balaban J connectivity index is 1.73. The third-order valence-electron chi connectivity index (χ3n) is 2.92. The summed E-state index contributed by atoms with van der Waals surface area (Å²) in [5.74, 6) is 2.12. The van der Waals surface area contributed by atoms with Crippen molar-refractivity contribution in [3.8, 4) is 11.5 Å². The molecular formula is C14H18N4O3. The number of benzene rings is 1. The molecular weight excluding hydrogens is 272 g/mol. The molecule has 0 aliphatic carbocycles. The zero-order chi connectivity index (χ0) is 15.1. The molecule has 0 saturated heterocycles. The van der Waals surface area contributed by atoms with Crippen LogP contribution in [0.4, 0.5) is 0 Å². The number of ether oxygens (including phenoxy) is 2. The summed E-state index contributed by atoms with van der Waals surface area (Å²) < 4.78 is 10.6. The lowest BCUT2D eigenvalue weighted by Crippen LogP contribution is -2.28. The number of aromatic amines is 1. The lowest BCUT2D eigenvalue weighted by Gasteiger charge is -2.15. The molecule has 0 spiro atoms. The fraction of sp³-hybridized carbons (Fsp3) is 0.357. The van der Waals surface area contributed by atoms with Crippen LogP contribution in [-0.2, 0) is 11.3 Å². The maximum Gasteiger partial charge on any atom is 0.226 e. The second-order valence-electron chi connectivity index (χ2n) is 4.46. The largest absolute Gasteiger partial charge is 0.497 e. The number of amides is 1. The Morgan fingerprint density at radius 1 is 1.29 bits per heavy atom. The molecule has 0 unspecified atom stereocenters. The summed E-state index contributed by atoms with van der Waals surface area (Å²) >= 11 is 0. The maximum absolute atomic E-state index is 11.9. The number of hydrogen-bond acceptors (Lipinski definition) is 5. The van der Waals surface area contributed by atoms with Crippen molar-refractivity contribution >= 4 is 5.91 Å². The highest BCUT2D eigenvalue weighted by Crippen LogP contribution is 2.17. The number of carbonyl (C=O) groups is 1. The molecule has 1 aromatic carbocycles. The van der Waals surface area contributed by atoms with E-state index in [0.717, 1.165) is 5.75 Å². The van der Waals surface area contributed by atoms with Crippen LogP contribution in [-0.4, -0.2) is 46.8 Å². The number of aromatic nitrogens is 3. The van der Waals surface area contributed by atoms with Crippen LogP contribution in [0.5, 0.6) is 11.5 Å². The van der Waals surface area contributed by atoms with Gasteiger partial charge >= 0.3 is 0 Å².